The first kappa shape index (κ1) is 17.1. The molecule has 1 aliphatic heterocycles. The molecule has 0 radical (unpaired) electrons. The van der Waals surface area contributed by atoms with Gasteiger partial charge in [0.25, 0.3) is 0 Å². The number of fused-ring (bicyclic) bond motifs is 1. The molecule has 1 N–H and O–H groups in total. The Labute approximate surface area is 163 Å². The fraction of sp³-hybridized carbons (Fsp3) is 0.261. The van der Waals surface area contributed by atoms with Crippen LogP contribution in [0.25, 0.3) is 28.0 Å². The first-order chi connectivity index (χ1) is 13.8. The Morgan fingerprint density at radius 3 is 2.75 bits per heavy atom. The number of nitroso groups, excluding NO2 is 1. The van der Waals surface area contributed by atoms with Crippen LogP contribution in [0.1, 0.15) is 35.8 Å². The molecule has 0 spiro atoms. The zero-order valence-corrected chi connectivity index (χ0v) is 15.5. The van der Waals surface area contributed by atoms with Crippen molar-refractivity contribution in [1.82, 2.24) is 10.3 Å². The number of aryl methyl sites for hydroxylation is 1. The predicted molar refractivity (Wildman–Crippen MR) is 110 cm³/mol. The molecule has 0 bridgehead atoms. The van der Waals surface area contributed by atoms with E-state index in [1.165, 1.54) is 11.1 Å². The number of hydrogen-bond acceptors (Lipinski definition) is 5. The maximum absolute atomic E-state index is 11.1. The second-order valence-corrected chi connectivity index (χ2v) is 7.35. The van der Waals surface area contributed by atoms with Crippen LogP contribution in [-0.2, 0) is 6.42 Å². The highest BCUT2D eigenvalue weighted by atomic mass is 16.3. The Bertz CT molecular complexity index is 1050. The average molecular weight is 371 g/mol. The van der Waals surface area contributed by atoms with Crippen molar-refractivity contribution in [3.05, 3.63) is 76.7 Å². The van der Waals surface area contributed by atoms with Crippen LogP contribution < -0.4 is 5.32 Å². The lowest BCUT2D eigenvalue weighted by molar-refractivity contribution is 0.561. The molecule has 0 saturated carbocycles. The van der Waals surface area contributed by atoms with E-state index in [9.17, 15) is 4.91 Å². The molecule has 1 atom stereocenters. The molecule has 5 nitrogen and oxygen atoms in total. The van der Waals surface area contributed by atoms with Gasteiger partial charge in [0, 0.05) is 30.1 Å². The van der Waals surface area contributed by atoms with Crippen molar-refractivity contribution in [1.29, 1.82) is 0 Å². The zero-order chi connectivity index (χ0) is 18.9. The Balaban J connectivity index is 1.63. The van der Waals surface area contributed by atoms with E-state index < -0.39 is 0 Å². The maximum Gasteiger partial charge on any atom is 0.142 e. The van der Waals surface area contributed by atoms with Gasteiger partial charge in [0.15, 0.2) is 0 Å². The van der Waals surface area contributed by atoms with Crippen molar-refractivity contribution in [3.8, 4) is 22.5 Å². The molecule has 5 rings (SSSR count). The number of pyridine rings is 1. The summed E-state index contributed by atoms with van der Waals surface area (Å²) in [6, 6.07) is 12.2. The van der Waals surface area contributed by atoms with Gasteiger partial charge in [0.1, 0.15) is 17.6 Å². The predicted octanol–water partition coefficient (Wildman–Crippen LogP) is 5.14. The van der Waals surface area contributed by atoms with E-state index in [0.29, 0.717) is 0 Å². The molecule has 2 aromatic heterocycles. The number of benzene rings is 1. The number of aromatic nitrogens is 1. The number of nitrogens with one attached hydrogen (secondary N) is 1. The van der Waals surface area contributed by atoms with Crippen molar-refractivity contribution in [3.63, 3.8) is 0 Å². The molecular weight excluding hydrogens is 350 g/mol. The third-order valence-electron chi connectivity index (χ3n) is 5.68. The Morgan fingerprint density at radius 2 is 1.96 bits per heavy atom. The van der Waals surface area contributed by atoms with Crippen LogP contribution in [0.4, 0.5) is 0 Å². The minimum Gasteiger partial charge on any atom is -0.456 e. The van der Waals surface area contributed by atoms with Crippen molar-refractivity contribution in [2.45, 2.75) is 25.3 Å². The topological polar surface area (TPSA) is 67.5 Å². The van der Waals surface area contributed by atoms with Gasteiger partial charge >= 0.3 is 0 Å². The molecule has 5 heteroatoms. The highest BCUT2D eigenvalue weighted by Gasteiger charge is 2.25. The first-order valence-electron chi connectivity index (χ1n) is 9.73. The first-order valence-corrected chi connectivity index (χ1v) is 9.73. The molecule has 1 aromatic carbocycles. The molecule has 28 heavy (non-hydrogen) atoms. The van der Waals surface area contributed by atoms with Crippen LogP contribution >= 0.6 is 0 Å². The number of nitrogens with zero attached hydrogens (tertiary/aromatic N) is 2. The van der Waals surface area contributed by atoms with E-state index in [1.807, 2.05) is 12.1 Å². The molecule has 0 amide bonds. The number of furan rings is 1. The fourth-order valence-corrected chi connectivity index (χ4v) is 4.20. The molecule has 3 heterocycles. The van der Waals surface area contributed by atoms with E-state index in [4.69, 9.17) is 4.42 Å². The van der Waals surface area contributed by atoms with Gasteiger partial charge in [0.2, 0.25) is 0 Å². The molecule has 3 aromatic rings. The van der Waals surface area contributed by atoms with Gasteiger partial charge in [-0.25, -0.2) is 0 Å². The van der Waals surface area contributed by atoms with E-state index >= 15 is 0 Å². The summed E-state index contributed by atoms with van der Waals surface area (Å²) in [4.78, 5) is 15.2. The second-order valence-electron chi connectivity index (χ2n) is 7.35. The summed E-state index contributed by atoms with van der Waals surface area (Å²) in [7, 11) is 0. The molecule has 2 aliphatic rings. The summed E-state index contributed by atoms with van der Waals surface area (Å²) in [5.41, 5.74) is 6.72. The van der Waals surface area contributed by atoms with Crippen LogP contribution in [0.15, 0.2) is 64.5 Å². The van der Waals surface area contributed by atoms with Crippen molar-refractivity contribution in [2.24, 2.45) is 5.18 Å². The highest BCUT2D eigenvalue weighted by Crippen LogP contribution is 2.41. The molecule has 1 unspecified atom stereocenters. The van der Waals surface area contributed by atoms with Crippen molar-refractivity contribution >= 4 is 5.57 Å². The lowest BCUT2D eigenvalue weighted by Crippen LogP contribution is -2.19. The van der Waals surface area contributed by atoms with E-state index in [1.54, 1.807) is 12.4 Å². The maximum atomic E-state index is 11.1. The molecule has 1 aliphatic carbocycles. The van der Waals surface area contributed by atoms with Gasteiger partial charge in [-0.3, -0.25) is 4.98 Å². The molecular formula is C23H21N3O2. The Hall–Kier alpha value is -3.05. The largest absolute Gasteiger partial charge is 0.456 e. The monoisotopic (exact) mass is 371 g/mol. The van der Waals surface area contributed by atoms with Crippen LogP contribution in [0, 0.1) is 4.91 Å². The number of hydrogen-bond donors (Lipinski definition) is 1. The van der Waals surface area contributed by atoms with E-state index in [0.717, 1.165) is 66.1 Å². The second kappa shape index (κ2) is 7.17. The summed E-state index contributed by atoms with van der Waals surface area (Å²) < 4.78 is 6.36. The quantitative estimate of drug-likeness (QED) is 0.645. The molecule has 0 fully saturated rings. The third-order valence-corrected chi connectivity index (χ3v) is 5.68. The van der Waals surface area contributed by atoms with Gasteiger partial charge in [-0.1, -0.05) is 29.5 Å². The van der Waals surface area contributed by atoms with Gasteiger partial charge < -0.3 is 9.73 Å². The van der Waals surface area contributed by atoms with Crippen molar-refractivity contribution < 1.29 is 4.42 Å². The van der Waals surface area contributed by atoms with Crippen LogP contribution in [0.5, 0.6) is 0 Å². The number of rotatable bonds is 4. The van der Waals surface area contributed by atoms with Crippen LogP contribution in [0.2, 0.25) is 0 Å². The average Bonchev–Trinajstić information content (AvgIpc) is 3.39. The molecule has 140 valence electrons. The van der Waals surface area contributed by atoms with Gasteiger partial charge in [0.05, 0.1) is 0 Å². The summed E-state index contributed by atoms with van der Waals surface area (Å²) in [5, 5.41) is 6.62. The minimum atomic E-state index is -0.205. The summed E-state index contributed by atoms with van der Waals surface area (Å²) in [5.74, 6) is 1.79. The Kier molecular flexibility index (Phi) is 4.37. The summed E-state index contributed by atoms with van der Waals surface area (Å²) in [6.07, 6.45) is 8.43. The van der Waals surface area contributed by atoms with Crippen LogP contribution in [0.3, 0.4) is 0 Å². The van der Waals surface area contributed by atoms with Gasteiger partial charge in [-0.2, -0.15) is 4.91 Å². The summed E-state index contributed by atoms with van der Waals surface area (Å²) in [6.45, 7) is 1.83. The lowest BCUT2D eigenvalue weighted by atomic mass is 9.97. The van der Waals surface area contributed by atoms with E-state index in [2.05, 4.69) is 45.8 Å². The fourth-order valence-electron chi connectivity index (χ4n) is 4.20. The standard InChI is InChI=1S/C23H21N3O2/c27-26-21-4-2-17-13-18(1-3-19(17)21)20-14-22(15-5-9-24-10-6-15)28-23(20)16-7-11-25-12-8-16/h1,3,5,7-8,11-14,21,24H,2,4,6,9-10H2. The normalized spacial score (nSPS) is 18.6. The van der Waals surface area contributed by atoms with Crippen LogP contribution in [-0.4, -0.2) is 18.1 Å². The Morgan fingerprint density at radius 1 is 1.07 bits per heavy atom. The SMILES string of the molecule is O=NC1CCc2cc(-c3cc(C4=CCNCC4)oc3-c3ccncc3)ccc21. The molecule has 0 saturated heterocycles. The third kappa shape index (κ3) is 2.98. The smallest absolute Gasteiger partial charge is 0.142 e. The zero-order valence-electron chi connectivity index (χ0n) is 15.5. The van der Waals surface area contributed by atoms with Gasteiger partial charge in [-0.05, 0) is 66.3 Å². The van der Waals surface area contributed by atoms with E-state index in [-0.39, 0.29) is 6.04 Å². The lowest BCUT2D eigenvalue weighted by Gasteiger charge is -2.11. The minimum absolute atomic E-state index is 0.205. The van der Waals surface area contributed by atoms with Gasteiger partial charge in [-0.15, -0.1) is 0 Å². The summed E-state index contributed by atoms with van der Waals surface area (Å²) >= 11 is 0. The van der Waals surface area contributed by atoms with Crippen molar-refractivity contribution in [2.75, 3.05) is 13.1 Å². The highest BCUT2D eigenvalue weighted by molar-refractivity contribution is 5.83.